The molecular weight excluding hydrogens is 408 g/mol. The topological polar surface area (TPSA) is 98.6 Å². The quantitative estimate of drug-likeness (QED) is 0.461. The molecule has 2 fully saturated rings. The van der Waals surface area contributed by atoms with E-state index in [-0.39, 0.29) is 23.5 Å². The van der Waals surface area contributed by atoms with Gasteiger partial charge in [0.2, 0.25) is 11.9 Å². The minimum absolute atomic E-state index is 0.0250. The molecule has 2 rings (SSSR count). The molecule has 0 bridgehead atoms. The smallest absolute Gasteiger partial charge is 0.410 e. The van der Waals surface area contributed by atoms with Gasteiger partial charge in [-0.1, -0.05) is 20.4 Å². The number of rotatable bonds is 7. The Labute approximate surface area is 192 Å². The van der Waals surface area contributed by atoms with Gasteiger partial charge in [-0.2, -0.15) is 4.99 Å². The van der Waals surface area contributed by atoms with E-state index in [1.807, 2.05) is 20.8 Å². The van der Waals surface area contributed by atoms with Crippen molar-refractivity contribution in [1.82, 2.24) is 20.4 Å². The molecule has 2 saturated heterocycles. The van der Waals surface area contributed by atoms with Gasteiger partial charge in [0.1, 0.15) is 11.4 Å². The maximum absolute atomic E-state index is 12.3. The van der Waals surface area contributed by atoms with Gasteiger partial charge in [-0.25, -0.2) is 9.79 Å². The third-order valence-corrected chi connectivity index (χ3v) is 5.64. The van der Waals surface area contributed by atoms with E-state index >= 15 is 0 Å². The van der Waals surface area contributed by atoms with E-state index in [1.54, 1.807) is 11.9 Å². The summed E-state index contributed by atoms with van der Waals surface area (Å²) in [5.74, 6) is 1.38. The first-order valence-electron chi connectivity index (χ1n) is 11.3. The summed E-state index contributed by atoms with van der Waals surface area (Å²) < 4.78 is 5.47. The van der Waals surface area contributed by atoms with E-state index in [4.69, 9.17) is 4.74 Å². The van der Waals surface area contributed by atoms with Crippen LogP contribution in [0.2, 0.25) is 0 Å². The Bertz CT molecular complexity index is 749. The van der Waals surface area contributed by atoms with Gasteiger partial charge in [0.15, 0.2) is 0 Å². The number of ether oxygens (including phenoxy) is 1. The number of aliphatic imine (C=N–C) groups is 2. The van der Waals surface area contributed by atoms with Gasteiger partial charge in [-0.3, -0.25) is 4.79 Å². The molecule has 0 unspecified atom stereocenters. The lowest BCUT2D eigenvalue weighted by atomic mass is 9.79. The van der Waals surface area contributed by atoms with Crippen molar-refractivity contribution in [2.24, 2.45) is 21.3 Å². The highest BCUT2D eigenvalue weighted by molar-refractivity contribution is 5.85. The molecule has 180 valence electrons. The molecule has 2 heterocycles. The van der Waals surface area contributed by atoms with Crippen LogP contribution in [-0.2, 0) is 9.53 Å². The van der Waals surface area contributed by atoms with Gasteiger partial charge in [-0.15, -0.1) is 0 Å². The van der Waals surface area contributed by atoms with E-state index in [1.165, 1.54) is 0 Å². The van der Waals surface area contributed by atoms with Crippen LogP contribution >= 0.6 is 0 Å². The van der Waals surface area contributed by atoms with Gasteiger partial charge in [-0.05, 0) is 46.2 Å². The van der Waals surface area contributed by atoms with Crippen LogP contribution in [0.1, 0.15) is 53.9 Å². The molecule has 0 saturated carbocycles. The summed E-state index contributed by atoms with van der Waals surface area (Å²) in [5, 5.41) is 5.93. The first kappa shape index (κ1) is 25.7. The normalized spacial score (nSPS) is 18.9. The van der Waals surface area contributed by atoms with E-state index in [0.29, 0.717) is 37.2 Å². The number of carbonyl (C=O) groups is 2. The van der Waals surface area contributed by atoms with Crippen LogP contribution in [0.15, 0.2) is 22.4 Å². The van der Waals surface area contributed by atoms with Gasteiger partial charge >= 0.3 is 6.09 Å². The average molecular weight is 449 g/mol. The van der Waals surface area contributed by atoms with Gasteiger partial charge in [0.25, 0.3) is 0 Å². The fraction of sp³-hybridized carbons (Fsp3) is 0.739. The summed E-state index contributed by atoms with van der Waals surface area (Å²) in [6.07, 6.45) is 1.87. The molecule has 9 nitrogen and oxygen atoms in total. The maximum atomic E-state index is 12.3. The van der Waals surface area contributed by atoms with Crippen molar-refractivity contribution in [3.05, 3.63) is 12.4 Å². The fourth-order valence-electron chi connectivity index (χ4n) is 4.27. The molecule has 9 heteroatoms. The second-order valence-corrected chi connectivity index (χ2v) is 10.4. The molecule has 0 radical (unpaired) electrons. The predicted molar refractivity (Wildman–Crippen MR) is 128 cm³/mol. The summed E-state index contributed by atoms with van der Waals surface area (Å²) >= 11 is 0. The third-order valence-electron chi connectivity index (χ3n) is 5.64. The lowest BCUT2D eigenvalue weighted by molar-refractivity contribution is -0.121. The van der Waals surface area contributed by atoms with Crippen LogP contribution in [0.3, 0.4) is 0 Å². The zero-order valence-corrected chi connectivity index (χ0v) is 20.5. The molecule has 2 aliphatic rings. The van der Waals surface area contributed by atoms with Gasteiger partial charge < -0.3 is 25.2 Å². The van der Waals surface area contributed by atoms with Gasteiger partial charge in [0.05, 0.1) is 0 Å². The minimum Gasteiger partial charge on any atom is -0.444 e. The van der Waals surface area contributed by atoms with Crippen LogP contribution < -0.4 is 10.6 Å². The number of likely N-dealkylation sites (tertiary alicyclic amines) is 2. The van der Waals surface area contributed by atoms with E-state index in [2.05, 4.69) is 52.7 Å². The molecule has 0 aliphatic carbocycles. The third kappa shape index (κ3) is 7.24. The lowest BCUT2D eigenvalue weighted by Gasteiger charge is -2.47. The Hall–Kier alpha value is -2.58. The first-order valence-corrected chi connectivity index (χ1v) is 11.3. The number of amides is 2. The summed E-state index contributed by atoms with van der Waals surface area (Å²) in [5.41, 5.74) is -0.455. The minimum atomic E-state index is -0.493. The number of carbonyl (C=O) groups excluding carboxylic acids is 2. The number of nitrogens with one attached hydrogen (secondary N) is 2. The van der Waals surface area contributed by atoms with Crippen LogP contribution in [0, 0.1) is 11.3 Å². The van der Waals surface area contributed by atoms with Crippen molar-refractivity contribution in [3.8, 4) is 0 Å². The van der Waals surface area contributed by atoms with Crippen molar-refractivity contribution in [2.75, 3.05) is 33.2 Å². The van der Waals surface area contributed by atoms with Crippen LogP contribution in [-0.4, -0.2) is 79.3 Å². The molecule has 2 aliphatic heterocycles. The predicted octanol–water partition coefficient (Wildman–Crippen LogP) is 2.60. The summed E-state index contributed by atoms with van der Waals surface area (Å²) in [4.78, 5) is 36.6. The van der Waals surface area contributed by atoms with Crippen molar-refractivity contribution >= 4 is 24.7 Å². The van der Waals surface area contributed by atoms with Crippen molar-refractivity contribution in [3.63, 3.8) is 0 Å². The number of nitrogens with zero attached hydrogens (tertiary/aromatic N) is 4. The number of hydrogen-bond acceptors (Lipinski definition) is 5. The fourth-order valence-corrected chi connectivity index (χ4v) is 4.27. The summed E-state index contributed by atoms with van der Waals surface area (Å²) in [6.45, 7) is 20.4. The SMILES string of the molecule is C=NC(=NC(=C)N[C@H](CC(=O)NC)CC(C)C)N1CCC2(CN(C(=O)OC(C)(C)C)C2)C1. The Kier molecular flexibility index (Phi) is 8.31. The first-order chi connectivity index (χ1) is 14.9. The van der Waals surface area contributed by atoms with Crippen molar-refractivity contribution in [1.29, 1.82) is 0 Å². The highest BCUT2D eigenvalue weighted by atomic mass is 16.6. The van der Waals surface area contributed by atoms with Crippen LogP contribution in [0.25, 0.3) is 0 Å². The van der Waals surface area contributed by atoms with E-state index in [9.17, 15) is 9.59 Å². The molecule has 2 amide bonds. The second-order valence-electron chi connectivity index (χ2n) is 10.4. The molecule has 2 N–H and O–H groups in total. The Morgan fingerprint density at radius 1 is 1.19 bits per heavy atom. The van der Waals surface area contributed by atoms with Crippen LogP contribution in [0.5, 0.6) is 0 Å². The monoisotopic (exact) mass is 448 g/mol. The molecular formula is C23H40N6O3. The molecule has 1 spiro atoms. The number of hydrogen-bond donors (Lipinski definition) is 2. The largest absolute Gasteiger partial charge is 0.444 e. The highest BCUT2D eigenvalue weighted by Gasteiger charge is 2.50. The average Bonchev–Trinajstić information content (AvgIpc) is 3.08. The Balaban J connectivity index is 1.94. The highest BCUT2D eigenvalue weighted by Crippen LogP contribution is 2.40. The van der Waals surface area contributed by atoms with E-state index in [0.717, 1.165) is 25.9 Å². The zero-order chi connectivity index (χ0) is 24.1. The second kappa shape index (κ2) is 10.4. The number of guanidine groups is 1. The standard InChI is InChI=1S/C23H40N6O3/c1-16(2)11-18(12-19(30)24-7)26-17(3)27-20(25-8)28-10-9-23(13-28)14-29(15-23)21(31)32-22(4,5)6/h16,18,26H,3,8-15H2,1-2,4-7H3,(H,24,30)/t18-/m0/s1. The molecule has 0 aromatic carbocycles. The van der Waals surface area contributed by atoms with Crippen molar-refractivity contribution < 1.29 is 14.3 Å². The van der Waals surface area contributed by atoms with Crippen LogP contribution in [0.4, 0.5) is 4.79 Å². The Morgan fingerprint density at radius 2 is 1.81 bits per heavy atom. The summed E-state index contributed by atoms with van der Waals surface area (Å²) in [7, 11) is 1.63. The van der Waals surface area contributed by atoms with E-state index < -0.39 is 5.60 Å². The summed E-state index contributed by atoms with van der Waals surface area (Å²) in [6, 6.07) is -0.0591. The molecule has 32 heavy (non-hydrogen) atoms. The molecule has 0 aromatic heterocycles. The Morgan fingerprint density at radius 3 is 2.34 bits per heavy atom. The lowest BCUT2D eigenvalue weighted by Crippen LogP contribution is -2.60. The maximum Gasteiger partial charge on any atom is 0.410 e. The van der Waals surface area contributed by atoms with Crippen molar-refractivity contribution in [2.45, 2.75) is 65.5 Å². The molecule has 1 atom stereocenters. The van der Waals surface area contributed by atoms with Gasteiger partial charge in [0, 0.05) is 51.1 Å². The molecule has 0 aromatic rings. The zero-order valence-electron chi connectivity index (χ0n) is 20.5.